The monoisotopic (exact) mass is 315 g/mol. The third-order valence-corrected chi connectivity index (χ3v) is 3.54. The first-order chi connectivity index (χ1) is 11.0. The minimum atomic E-state index is -0.820. The average Bonchev–Trinajstić information content (AvgIpc) is 2.54. The van der Waals surface area contributed by atoms with Crippen LogP contribution in [-0.2, 0) is 16.0 Å². The van der Waals surface area contributed by atoms with E-state index < -0.39 is 17.9 Å². The van der Waals surface area contributed by atoms with E-state index in [2.05, 4.69) is 15.3 Å². The molecule has 0 radical (unpaired) electrons. The van der Waals surface area contributed by atoms with Crippen LogP contribution in [-0.4, -0.2) is 21.8 Å². The molecule has 1 N–H and O–H groups in total. The molecular weight excluding hydrogens is 301 g/mol. The topological polar surface area (TPSA) is 81.2 Å². The molecule has 7 heteroatoms. The molecule has 2 aromatic heterocycles. The van der Waals surface area contributed by atoms with Gasteiger partial charge in [-0.25, -0.2) is 14.2 Å². The summed E-state index contributed by atoms with van der Waals surface area (Å²) in [4.78, 5) is 31.4. The van der Waals surface area contributed by atoms with Gasteiger partial charge in [0.05, 0.1) is 5.56 Å². The fourth-order valence-electron chi connectivity index (χ4n) is 2.35. The first kappa shape index (κ1) is 15.1. The number of aryl methyl sites for hydroxylation is 1. The number of nitrogens with one attached hydrogen (secondary N) is 1. The summed E-state index contributed by atoms with van der Waals surface area (Å²) in [5, 5.41) is 2.64. The Balaban J connectivity index is 1.76. The predicted octanol–water partition coefficient (Wildman–Crippen LogP) is 2.42. The molecule has 1 atom stereocenters. The summed E-state index contributed by atoms with van der Waals surface area (Å²) in [7, 11) is 0. The quantitative estimate of drug-likeness (QED) is 0.880. The summed E-state index contributed by atoms with van der Waals surface area (Å²) in [6.07, 6.45) is 2.81. The number of fused-ring (bicyclic) bond motifs is 1. The molecule has 118 valence electrons. The second-order valence-corrected chi connectivity index (χ2v) is 5.20. The first-order valence-electron chi connectivity index (χ1n) is 7.15. The Labute approximate surface area is 131 Å². The van der Waals surface area contributed by atoms with E-state index in [1.807, 2.05) is 0 Å². The van der Waals surface area contributed by atoms with Crippen LogP contribution in [0.4, 0.5) is 10.2 Å². The van der Waals surface area contributed by atoms with Gasteiger partial charge in [0.15, 0.2) is 0 Å². The Morgan fingerprint density at radius 3 is 3.00 bits per heavy atom. The van der Waals surface area contributed by atoms with Crippen molar-refractivity contribution in [1.82, 2.24) is 9.97 Å². The standard InChI is InChI=1S/C16H14FN3O3/c1-9(14-12(17)3-2-6-18-14)23-16(22)11-7-10-4-5-13(21)20-15(10)19-8-11/h2-3,6-9H,4-5H2,1H3,(H,19,20,21)/t9-/m0/s1. The smallest absolute Gasteiger partial charge is 0.340 e. The van der Waals surface area contributed by atoms with E-state index in [-0.39, 0.29) is 17.2 Å². The van der Waals surface area contributed by atoms with Gasteiger partial charge in [0, 0.05) is 18.8 Å². The van der Waals surface area contributed by atoms with Crippen molar-refractivity contribution >= 4 is 17.7 Å². The number of rotatable bonds is 3. The second-order valence-electron chi connectivity index (χ2n) is 5.20. The largest absolute Gasteiger partial charge is 0.452 e. The average molecular weight is 315 g/mol. The van der Waals surface area contributed by atoms with Crippen LogP contribution < -0.4 is 5.32 Å². The van der Waals surface area contributed by atoms with E-state index in [9.17, 15) is 14.0 Å². The molecule has 23 heavy (non-hydrogen) atoms. The maximum atomic E-state index is 13.6. The molecule has 0 bridgehead atoms. The molecule has 1 amide bonds. The third kappa shape index (κ3) is 3.18. The van der Waals surface area contributed by atoms with Crippen molar-refractivity contribution in [1.29, 1.82) is 0 Å². The number of aromatic nitrogens is 2. The fourth-order valence-corrected chi connectivity index (χ4v) is 2.35. The van der Waals surface area contributed by atoms with Crippen molar-refractivity contribution in [3.8, 4) is 0 Å². The molecule has 2 aromatic rings. The van der Waals surface area contributed by atoms with Gasteiger partial charge in [-0.05, 0) is 37.1 Å². The lowest BCUT2D eigenvalue weighted by Crippen LogP contribution is -2.21. The third-order valence-electron chi connectivity index (χ3n) is 3.54. The molecule has 0 aromatic carbocycles. The van der Waals surface area contributed by atoms with Crippen LogP contribution in [0.5, 0.6) is 0 Å². The van der Waals surface area contributed by atoms with Gasteiger partial charge < -0.3 is 10.1 Å². The van der Waals surface area contributed by atoms with Gasteiger partial charge in [-0.2, -0.15) is 0 Å². The molecule has 0 aliphatic carbocycles. The lowest BCUT2D eigenvalue weighted by molar-refractivity contribution is -0.116. The van der Waals surface area contributed by atoms with Crippen molar-refractivity contribution in [2.24, 2.45) is 0 Å². The summed E-state index contributed by atoms with van der Waals surface area (Å²) in [6, 6.07) is 4.36. The lowest BCUT2D eigenvalue weighted by Gasteiger charge is -2.17. The summed E-state index contributed by atoms with van der Waals surface area (Å²) in [5.41, 5.74) is 1.10. The molecular formula is C16H14FN3O3. The Morgan fingerprint density at radius 1 is 1.39 bits per heavy atom. The molecule has 0 saturated carbocycles. The van der Waals surface area contributed by atoms with Crippen LogP contribution in [0.2, 0.25) is 0 Å². The highest BCUT2D eigenvalue weighted by Gasteiger charge is 2.21. The number of anilines is 1. The zero-order chi connectivity index (χ0) is 16.4. The van der Waals surface area contributed by atoms with Crippen molar-refractivity contribution < 1.29 is 18.7 Å². The summed E-state index contributed by atoms with van der Waals surface area (Å²) < 4.78 is 18.9. The van der Waals surface area contributed by atoms with E-state index in [1.165, 1.54) is 24.5 Å². The highest BCUT2D eigenvalue weighted by atomic mass is 19.1. The molecule has 1 aliphatic heterocycles. The number of halogens is 1. The number of hydrogen-bond acceptors (Lipinski definition) is 5. The van der Waals surface area contributed by atoms with Crippen LogP contribution >= 0.6 is 0 Å². The van der Waals surface area contributed by atoms with Crippen LogP contribution in [0.25, 0.3) is 0 Å². The lowest BCUT2D eigenvalue weighted by atomic mass is 10.0. The van der Waals surface area contributed by atoms with E-state index in [1.54, 1.807) is 13.0 Å². The Bertz CT molecular complexity index is 779. The van der Waals surface area contributed by atoms with Crippen LogP contribution in [0.1, 0.15) is 41.1 Å². The number of carbonyl (C=O) groups is 2. The number of amides is 1. The molecule has 0 saturated heterocycles. The van der Waals surface area contributed by atoms with Crippen LogP contribution in [0.3, 0.4) is 0 Å². The van der Waals surface area contributed by atoms with Gasteiger partial charge in [-0.1, -0.05) is 0 Å². The van der Waals surface area contributed by atoms with E-state index in [4.69, 9.17) is 4.74 Å². The number of carbonyl (C=O) groups excluding carboxylic acids is 2. The zero-order valence-corrected chi connectivity index (χ0v) is 12.4. The van der Waals surface area contributed by atoms with Crippen molar-refractivity contribution in [3.63, 3.8) is 0 Å². The number of ether oxygens (including phenoxy) is 1. The van der Waals surface area contributed by atoms with E-state index in [0.29, 0.717) is 18.7 Å². The molecule has 0 fully saturated rings. The Hall–Kier alpha value is -2.83. The predicted molar refractivity (Wildman–Crippen MR) is 79.2 cm³/mol. The number of esters is 1. The molecule has 1 aliphatic rings. The van der Waals surface area contributed by atoms with Gasteiger partial charge in [-0.15, -0.1) is 0 Å². The second kappa shape index (κ2) is 6.12. The molecule has 0 unspecified atom stereocenters. The number of nitrogens with zero attached hydrogens (tertiary/aromatic N) is 2. The molecule has 0 spiro atoms. The van der Waals surface area contributed by atoms with Gasteiger partial charge >= 0.3 is 5.97 Å². The minimum absolute atomic E-state index is 0.0685. The fraction of sp³-hybridized carbons (Fsp3) is 0.250. The van der Waals surface area contributed by atoms with Gasteiger partial charge in [-0.3, -0.25) is 9.78 Å². The van der Waals surface area contributed by atoms with E-state index >= 15 is 0 Å². The maximum absolute atomic E-state index is 13.6. The Morgan fingerprint density at radius 2 is 2.22 bits per heavy atom. The summed E-state index contributed by atoms with van der Waals surface area (Å²) >= 11 is 0. The highest BCUT2D eigenvalue weighted by Crippen LogP contribution is 2.23. The van der Waals surface area contributed by atoms with Crippen molar-refractivity contribution in [2.75, 3.05) is 5.32 Å². The van der Waals surface area contributed by atoms with Gasteiger partial charge in [0.1, 0.15) is 23.4 Å². The summed E-state index contributed by atoms with van der Waals surface area (Å²) in [5.74, 6) is -0.782. The number of pyridine rings is 2. The van der Waals surface area contributed by atoms with Gasteiger partial charge in [0.25, 0.3) is 0 Å². The normalized spacial score (nSPS) is 14.6. The maximum Gasteiger partial charge on any atom is 0.340 e. The van der Waals surface area contributed by atoms with Gasteiger partial charge in [0.2, 0.25) is 5.91 Å². The Kier molecular flexibility index (Phi) is 4.01. The SMILES string of the molecule is C[C@H](OC(=O)c1cnc2c(c1)CCC(=O)N2)c1ncccc1F. The van der Waals surface area contributed by atoms with E-state index in [0.717, 1.165) is 5.56 Å². The highest BCUT2D eigenvalue weighted by molar-refractivity contribution is 5.94. The number of hydrogen-bond donors (Lipinski definition) is 1. The van der Waals surface area contributed by atoms with Crippen molar-refractivity contribution in [2.45, 2.75) is 25.9 Å². The summed E-state index contributed by atoms with van der Waals surface area (Å²) in [6.45, 7) is 1.55. The molecule has 3 heterocycles. The minimum Gasteiger partial charge on any atom is -0.452 e. The van der Waals surface area contributed by atoms with Crippen LogP contribution in [0, 0.1) is 5.82 Å². The molecule has 6 nitrogen and oxygen atoms in total. The first-order valence-corrected chi connectivity index (χ1v) is 7.15. The van der Waals surface area contributed by atoms with Crippen molar-refractivity contribution in [3.05, 3.63) is 53.2 Å². The molecule has 3 rings (SSSR count). The zero-order valence-electron chi connectivity index (χ0n) is 12.4. The van der Waals surface area contributed by atoms with Crippen LogP contribution in [0.15, 0.2) is 30.6 Å².